The molecule has 0 aliphatic carbocycles. The minimum absolute atomic E-state index is 0.0973. The van der Waals surface area contributed by atoms with Gasteiger partial charge in [-0.2, -0.15) is 4.31 Å². The Morgan fingerprint density at radius 1 is 1.09 bits per heavy atom. The zero-order valence-corrected chi connectivity index (χ0v) is 22.3. The molecule has 10 heteroatoms. The lowest BCUT2D eigenvalue weighted by Gasteiger charge is -2.37. The maximum Gasteiger partial charge on any atom is 0.243 e. The van der Waals surface area contributed by atoms with E-state index in [1.807, 2.05) is 35.7 Å². The van der Waals surface area contributed by atoms with E-state index in [1.54, 1.807) is 23.3 Å². The SMILES string of the molecule is COCCCN(CC(=O)N1CCc2sccc2C1c1ccc(Cl)cc1)S(=O)(=O)c1ccc(Cl)cc1. The summed E-state index contributed by atoms with van der Waals surface area (Å²) in [4.78, 5) is 16.8. The first-order chi connectivity index (χ1) is 16.8. The molecule has 1 aromatic heterocycles. The first-order valence-corrected chi connectivity index (χ1v) is 14.2. The summed E-state index contributed by atoms with van der Waals surface area (Å²) in [6.45, 7) is 0.786. The van der Waals surface area contributed by atoms with E-state index in [0.29, 0.717) is 29.6 Å². The van der Waals surface area contributed by atoms with Gasteiger partial charge in [-0.25, -0.2) is 8.42 Å². The quantitative estimate of drug-likeness (QED) is 0.340. The Kier molecular flexibility index (Phi) is 8.52. The number of hydrogen-bond acceptors (Lipinski definition) is 5. The number of ether oxygens (including phenoxy) is 1. The van der Waals surface area contributed by atoms with Crippen molar-refractivity contribution in [3.63, 3.8) is 0 Å². The van der Waals surface area contributed by atoms with Crippen molar-refractivity contribution >= 4 is 50.5 Å². The van der Waals surface area contributed by atoms with Gasteiger partial charge in [0.1, 0.15) is 0 Å². The van der Waals surface area contributed by atoms with Crippen molar-refractivity contribution < 1.29 is 17.9 Å². The highest BCUT2D eigenvalue weighted by molar-refractivity contribution is 7.89. The Morgan fingerprint density at radius 2 is 1.74 bits per heavy atom. The fraction of sp³-hybridized carbons (Fsp3) is 0.320. The molecule has 2 aromatic carbocycles. The standard InChI is InChI=1S/C25H26Cl2N2O4S2/c1-33-15-2-13-28(35(31,32)21-9-7-20(27)8-10-21)17-24(30)29-14-11-23-22(12-16-34-23)25(29)18-3-5-19(26)6-4-18/h3-10,12,16,25H,2,11,13-15,17H2,1H3. The molecule has 1 atom stereocenters. The number of nitrogens with zero attached hydrogens (tertiary/aromatic N) is 2. The second-order valence-electron chi connectivity index (χ2n) is 8.23. The van der Waals surface area contributed by atoms with Crippen LogP contribution in [0.1, 0.15) is 28.5 Å². The molecule has 4 rings (SSSR count). The van der Waals surface area contributed by atoms with E-state index in [-0.39, 0.29) is 29.9 Å². The zero-order valence-electron chi connectivity index (χ0n) is 19.2. The summed E-state index contributed by atoms with van der Waals surface area (Å²) in [6.07, 6.45) is 1.20. The average molecular weight is 554 g/mol. The average Bonchev–Trinajstić information content (AvgIpc) is 3.33. The van der Waals surface area contributed by atoms with Crippen LogP contribution in [0.25, 0.3) is 0 Å². The van der Waals surface area contributed by atoms with E-state index in [0.717, 1.165) is 17.5 Å². The maximum atomic E-state index is 13.7. The number of amides is 1. The number of carbonyl (C=O) groups excluding carboxylic acids is 1. The molecule has 6 nitrogen and oxygen atoms in total. The summed E-state index contributed by atoms with van der Waals surface area (Å²) in [5, 5.41) is 3.09. The molecular formula is C25H26Cl2N2O4S2. The third kappa shape index (κ3) is 5.90. The van der Waals surface area contributed by atoms with Crippen LogP contribution in [-0.4, -0.2) is 56.9 Å². The molecule has 0 bridgehead atoms. The molecule has 3 aromatic rings. The third-order valence-electron chi connectivity index (χ3n) is 5.99. The molecule has 0 N–H and O–H groups in total. The van der Waals surface area contributed by atoms with Crippen LogP contribution in [0.3, 0.4) is 0 Å². The molecular weight excluding hydrogens is 527 g/mol. The van der Waals surface area contributed by atoms with Crippen molar-refractivity contribution in [1.29, 1.82) is 0 Å². The summed E-state index contributed by atoms with van der Waals surface area (Å²) in [5.74, 6) is -0.253. The number of thiophene rings is 1. The van der Waals surface area contributed by atoms with Crippen molar-refractivity contribution in [3.8, 4) is 0 Å². The first kappa shape index (κ1) is 26.1. The lowest BCUT2D eigenvalue weighted by atomic mass is 9.93. The zero-order chi connectivity index (χ0) is 25.0. The number of sulfonamides is 1. The highest BCUT2D eigenvalue weighted by atomic mass is 35.5. The van der Waals surface area contributed by atoms with Gasteiger partial charge >= 0.3 is 0 Å². The smallest absolute Gasteiger partial charge is 0.243 e. The third-order valence-corrected chi connectivity index (χ3v) is 9.35. The van der Waals surface area contributed by atoms with E-state index in [1.165, 1.54) is 33.4 Å². The van der Waals surface area contributed by atoms with Crippen molar-refractivity contribution in [2.24, 2.45) is 0 Å². The summed E-state index contributed by atoms with van der Waals surface area (Å²) in [5.41, 5.74) is 2.01. The van der Waals surface area contributed by atoms with Crippen LogP contribution in [0.15, 0.2) is 64.9 Å². The highest BCUT2D eigenvalue weighted by Gasteiger charge is 2.35. The number of halogens is 2. The van der Waals surface area contributed by atoms with Crippen LogP contribution in [0.5, 0.6) is 0 Å². The topological polar surface area (TPSA) is 66.9 Å². The number of methoxy groups -OCH3 is 1. The molecule has 0 saturated heterocycles. The van der Waals surface area contributed by atoms with Gasteiger partial charge in [-0.15, -0.1) is 11.3 Å². The lowest BCUT2D eigenvalue weighted by molar-refractivity contribution is -0.133. The largest absolute Gasteiger partial charge is 0.385 e. The second-order valence-corrected chi connectivity index (χ2v) is 12.0. The van der Waals surface area contributed by atoms with Gasteiger partial charge in [-0.1, -0.05) is 35.3 Å². The van der Waals surface area contributed by atoms with E-state index < -0.39 is 10.0 Å². The number of carbonyl (C=O) groups is 1. The Hall–Kier alpha value is -1.94. The fourth-order valence-electron chi connectivity index (χ4n) is 4.26. The van der Waals surface area contributed by atoms with Crippen molar-refractivity contribution in [2.75, 3.05) is 33.4 Å². The summed E-state index contributed by atoms with van der Waals surface area (Å²) < 4.78 is 33.3. The van der Waals surface area contributed by atoms with Crippen LogP contribution >= 0.6 is 34.5 Å². The number of rotatable bonds is 9. The summed E-state index contributed by atoms with van der Waals surface area (Å²) in [7, 11) is -2.35. The molecule has 2 heterocycles. The van der Waals surface area contributed by atoms with Gasteiger partial charge in [-0.3, -0.25) is 4.79 Å². The highest BCUT2D eigenvalue weighted by Crippen LogP contribution is 2.38. The Labute approximate surface area is 220 Å². The molecule has 0 spiro atoms. The molecule has 0 saturated carbocycles. The summed E-state index contributed by atoms with van der Waals surface area (Å²) >= 11 is 13.7. The van der Waals surface area contributed by atoms with Crippen molar-refractivity contribution in [2.45, 2.75) is 23.8 Å². The number of benzene rings is 2. The molecule has 0 radical (unpaired) electrons. The van der Waals surface area contributed by atoms with Crippen LogP contribution in [-0.2, 0) is 26.0 Å². The Bertz CT molecular complexity index is 1260. The van der Waals surface area contributed by atoms with E-state index in [9.17, 15) is 13.2 Å². The normalized spacial score (nSPS) is 15.9. The molecule has 1 aliphatic rings. The molecule has 0 fully saturated rings. The van der Waals surface area contributed by atoms with Crippen LogP contribution in [0, 0.1) is 0 Å². The van der Waals surface area contributed by atoms with Crippen LogP contribution in [0.4, 0.5) is 0 Å². The second kappa shape index (κ2) is 11.4. The minimum Gasteiger partial charge on any atom is -0.385 e. The maximum absolute atomic E-state index is 13.7. The molecule has 186 valence electrons. The van der Waals surface area contributed by atoms with Gasteiger partial charge in [0.25, 0.3) is 0 Å². The van der Waals surface area contributed by atoms with Gasteiger partial charge in [0, 0.05) is 41.7 Å². The van der Waals surface area contributed by atoms with Gasteiger partial charge in [-0.05, 0) is 71.8 Å². The van der Waals surface area contributed by atoms with Gasteiger partial charge in [0.15, 0.2) is 0 Å². The number of hydrogen-bond donors (Lipinski definition) is 0. The first-order valence-electron chi connectivity index (χ1n) is 11.2. The monoisotopic (exact) mass is 552 g/mol. The Balaban J connectivity index is 1.64. The summed E-state index contributed by atoms with van der Waals surface area (Å²) in [6, 6.07) is 15.2. The van der Waals surface area contributed by atoms with Crippen molar-refractivity contribution in [3.05, 3.63) is 86.0 Å². The van der Waals surface area contributed by atoms with Crippen LogP contribution in [0.2, 0.25) is 10.0 Å². The van der Waals surface area contributed by atoms with E-state index >= 15 is 0 Å². The van der Waals surface area contributed by atoms with Gasteiger partial charge in [0.05, 0.1) is 17.5 Å². The molecule has 1 aliphatic heterocycles. The lowest BCUT2D eigenvalue weighted by Crippen LogP contribution is -2.47. The predicted octanol–water partition coefficient (Wildman–Crippen LogP) is 5.26. The number of fused-ring (bicyclic) bond motifs is 1. The van der Waals surface area contributed by atoms with Crippen LogP contribution < -0.4 is 0 Å². The fourth-order valence-corrected chi connectivity index (χ4v) is 6.84. The molecule has 1 unspecified atom stereocenters. The van der Waals surface area contributed by atoms with E-state index in [4.69, 9.17) is 27.9 Å². The van der Waals surface area contributed by atoms with Gasteiger partial charge < -0.3 is 9.64 Å². The minimum atomic E-state index is -3.91. The van der Waals surface area contributed by atoms with E-state index in [2.05, 4.69) is 0 Å². The van der Waals surface area contributed by atoms with Gasteiger partial charge in [0.2, 0.25) is 15.9 Å². The Morgan fingerprint density at radius 3 is 2.40 bits per heavy atom. The molecule has 1 amide bonds. The molecule has 35 heavy (non-hydrogen) atoms. The predicted molar refractivity (Wildman–Crippen MR) is 140 cm³/mol. The van der Waals surface area contributed by atoms with Crippen molar-refractivity contribution in [1.82, 2.24) is 9.21 Å².